The SMILES string of the molecule is CC(C)c1cc(NC(=O)[C@H]2CCc3nc(C(C)C)[nH]c3C2)n[nH]1. The number of imidazole rings is 1. The molecule has 0 spiro atoms. The first-order chi connectivity index (χ1) is 10.9. The third-order valence-corrected chi connectivity index (χ3v) is 4.45. The molecule has 0 saturated carbocycles. The fourth-order valence-electron chi connectivity index (χ4n) is 2.92. The lowest BCUT2D eigenvalue weighted by molar-refractivity contribution is -0.120. The predicted molar refractivity (Wildman–Crippen MR) is 89.5 cm³/mol. The molecule has 3 N–H and O–H groups in total. The number of carbonyl (C=O) groups is 1. The molecular weight excluding hydrogens is 290 g/mol. The minimum absolute atomic E-state index is 0.0258. The second-order valence-corrected chi connectivity index (χ2v) is 6.99. The van der Waals surface area contributed by atoms with Crippen LogP contribution in [0.4, 0.5) is 5.82 Å². The van der Waals surface area contributed by atoms with Crippen LogP contribution in [-0.2, 0) is 17.6 Å². The summed E-state index contributed by atoms with van der Waals surface area (Å²) in [4.78, 5) is 20.5. The Bertz CT molecular complexity index is 698. The number of amides is 1. The lowest BCUT2D eigenvalue weighted by Crippen LogP contribution is -2.28. The van der Waals surface area contributed by atoms with Crippen molar-refractivity contribution in [3.8, 4) is 0 Å². The number of fused-ring (bicyclic) bond motifs is 1. The molecule has 0 saturated heterocycles. The van der Waals surface area contributed by atoms with Crippen molar-refractivity contribution in [2.45, 2.75) is 58.8 Å². The second kappa shape index (κ2) is 6.18. The highest BCUT2D eigenvalue weighted by atomic mass is 16.2. The molecule has 6 heteroatoms. The number of hydrogen-bond acceptors (Lipinski definition) is 3. The van der Waals surface area contributed by atoms with Crippen molar-refractivity contribution >= 4 is 11.7 Å². The van der Waals surface area contributed by atoms with Crippen LogP contribution in [-0.4, -0.2) is 26.1 Å². The van der Waals surface area contributed by atoms with Crippen LogP contribution in [0.1, 0.15) is 68.9 Å². The number of nitrogens with zero attached hydrogens (tertiary/aromatic N) is 2. The molecule has 2 aromatic heterocycles. The number of carbonyl (C=O) groups excluding carboxylic acids is 1. The fourth-order valence-corrected chi connectivity index (χ4v) is 2.92. The van der Waals surface area contributed by atoms with Gasteiger partial charge in [0.05, 0.1) is 5.69 Å². The summed E-state index contributed by atoms with van der Waals surface area (Å²) in [6.45, 7) is 8.43. The van der Waals surface area contributed by atoms with E-state index < -0.39 is 0 Å². The molecule has 2 aromatic rings. The zero-order chi connectivity index (χ0) is 16.6. The van der Waals surface area contributed by atoms with Gasteiger partial charge in [0.1, 0.15) is 5.82 Å². The van der Waals surface area contributed by atoms with Crippen molar-refractivity contribution < 1.29 is 4.79 Å². The maximum atomic E-state index is 12.5. The number of nitrogens with one attached hydrogen (secondary N) is 3. The molecule has 0 aliphatic heterocycles. The van der Waals surface area contributed by atoms with Gasteiger partial charge in [-0.05, 0) is 18.8 Å². The summed E-state index contributed by atoms with van der Waals surface area (Å²) in [5.41, 5.74) is 3.27. The maximum absolute atomic E-state index is 12.5. The lowest BCUT2D eigenvalue weighted by atomic mass is 9.89. The van der Waals surface area contributed by atoms with Crippen LogP contribution in [0.25, 0.3) is 0 Å². The summed E-state index contributed by atoms with van der Waals surface area (Å²) < 4.78 is 0. The standard InChI is InChI=1S/C17H25N5O/c1-9(2)13-8-15(22-21-13)20-17(23)11-5-6-12-14(7-11)19-16(18-12)10(3)4/h8-11H,5-7H2,1-4H3,(H,18,19)(H2,20,21,22,23)/t11-/m0/s1. The number of aromatic amines is 2. The Hall–Kier alpha value is -2.11. The summed E-state index contributed by atoms with van der Waals surface area (Å²) in [5.74, 6) is 2.39. The van der Waals surface area contributed by atoms with E-state index in [2.05, 4.69) is 53.2 Å². The zero-order valence-electron chi connectivity index (χ0n) is 14.2. The molecule has 0 aromatic carbocycles. The number of anilines is 1. The summed E-state index contributed by atoms with van der Waals surface area (Å²) in [7, 11) is 0. The highest BCUT2D eigenvalue weighted by Crippen LogP contribution is 2.27. The third-order valence-electron chi connectivity index (χ3n) is 4.45. The summed E-state index contributed by atoms with van der Waals surface area (Å²) >= 11 is 0. The highest BCUT2D eigenvalue weighted by molar-refractivity contribution is 5.92. The first kappa shape index (κ1) is 15.8. The van der Waals surface area contributed by atoms with Crippen molar-refractivity contribution in [1.29, 1.82) is 0 Å². The van der Waals surface area contributed by atoms with Crippen LogP contribution in [0.3, 0.4) is 0 Å². The molecule has 0 unspecified atom stereocenters. The zero-order valence-corrected chi connectivity index (χ0v) is 14.2. The quantitative estimate of drug-likeness (QED) is 0.810. The van der Waals surface area contributed by atoms with Crippen LogP contribution in [0.2, 0.25) is 0 Å². The predicted octanol–water partition coefficient (Wildman–Crippen LogP) is 3.12. The van der Waals surface area contributed by atoms with E-state index in [4.69, 9.17) is 0 Å². The van der Waals surface area contributed by atoms with Gasteiger partial charge in [-0.3, -0.25) is 9.89 Å². The molecule has 124 valence electrons. The van der Waals surface area contributed by atoms with E-state index in [-0.39, 0.29) is 11.8 Å². The monoisotopic (exact) mass is 315 g/mol. The van der Waals surface area contributed by atoms with Gasteiger partial charge in [0, 0.05) is 35.7 Å². The summed E-state index contributed by atoms with van der Waals surface area (Å²) in [5, 5.41) is 10.1. The number of aryl methyl sites for hydroxylation is 1. The molecule has 23 heavy (non-hydrogen) atoms. The van der Waals surface area contributed by atoms with E-state index in [9.17, 15) is 4.79 Å². The van der Waals surface area contributed by atoms with Gasteiger partial charge in [-0.15, -0.1) is 0 Å². The minimum Gasteiger partial charge on any atom is -0.345 e. The summed E-state index contributed by atoms with van der Waals surface area (Å²) in [6.07, 6.45) is 2.42. The Labute approximate surface area is 136 Å². The molecule has 1 aliphatic rings. The largest absolute Gasteiger partial charge is 0.345 e. The van der Waals surface area contributed by atoms with Crippen LogP contribution < -0.4 is 5.32 Å². The molecule has 6 nitrogen and oxygen atoms in total. The van der Waals surface area contributed by atoms with Crippen molar-refractivity contribution in [1.82, 2.24) is 20.2 Å². The van der Waals surface area contributed by atoms with Crippen LogP contribution in [0.15, 0.2) is 6.07 Å². The van der Waals surface area contributed by atoms with Gasteiger partial charge in [-0.1, -0.05) is 27.7 Å². The van der Waals surface area contributed by atoms with Gasteiger partial charge >= 0.3 is 0 Å². The third kappa shape index (κ3) is 3.30. The van der Waals surface area contributed by atoms with Crippen molar-refractivity contribution in [2.24, 2.45) is 5.92 Å². The molecule has 2 heterocycles. The lowest BCUT2D eigenvalue weighted by Gasteiger charge is -2.19. The van der Waals surface area contributed by atoms with Crippen LogP contribution in [0, 0.1) is 5.92 Å². The molecule has 1 aliphatic carbocycles. The molecule has 1 atom stereocenters. The average molecular weight is 315 g/mol. The van der Waals surface area contributed by atoms with Crippen LogP contribution >= 0.6 is 0 Å². The van der Waals surface area contributed by atoms with Crippen molar-refractivity contribution in [3.05, 3.63) is 29.0 Å². The van der Waals surface area contributed by atoms with Gasteiger partial charge < -0.3 is 10.3 Å². The Balaban J connectivity index is 1.66. The highest BCUT2D eigenvalue weighted by Gasteiger charge is 2.28. The Kier molecular flexibility index (Phi) is 4.24. The topological polar surface area (TPSA) is 86.5 Å². The van der Waals surface area contributed by atoms with Gasteiger partial charge in [0.2, 0.25) is 5.91 Å². The maximum Gasteiger partial charge on any atom is 0.229 e. The number of aromatic nitrogens is 4. The first-order valence-electron chi connectivity index (χ1n) is 8.37. The van der Waals surface area contributed by atoms with E-state index >= 15 is 0 Å². The molecule has 1 amide bonds. The molecule has 0 bridgehead atoms. The molecule has 0 radical (unpaired) electrons. The normalized spacial score (nSPS) is 17.6. The van der Waals surface area contributed by atoms with E-state index in [1.54, 1.807) is 0 Å². The Morgan fingerprint density at radius 2 is 2.09 bits per heavy atom. The smallest absolute Gasteiger partial charge is 0.229 e. The van der Waals surface area contributed by atoms with E-state index in [1.165, 1.54) is 0 Å². The van der Waals surface area contributed by atoms with Gasteiger partial charge in [-0.25, -0.2) is 4.98 Å². The van der Waals surface area contributed by atoms with Gasteiger partial charge in [0.15, 0.2) is 5.82 Å². The molecular formula is C17H25N5O. The Morgan fingerprint density at radius 3 is 2.74 bits per heavy atom. The van der Waals surface area contributed by atoms with E-state index in [1.807, 2.05) is 6.07 Å². The van der Waals surface area contributed by atoms with Crippen molar-refractivity contribution in [3.63, 3.8) is 0 Å². The number of rotatable bonds is 4. The Morgan fingerprint density at radius 1 is 1.30 bits per heavy atom. The number of H-pyrrole nitrogens is 2. The molecule has 3 rings (SSSR count). The average Bonchev–Trinajstić information content (AvgIpc) is 3.12. The molecule has 0 fully saturated rings. The first-order valence-corrected chi connectivity index (χ1v) is 8.37. The summed E-state index contributed by atoms with van der Waals surface area (Å²) in [6, 6.07) is 1.91. The van der Waals surface area contributed by atoms with Gasteiger partial charge in [-0.2, -0.15) is 5.10 Å². The van der Waals surface area contributed by atoms with Crippen LogP contribution in [0.5, 0.6) is 0 Å². The van der Waals surface area contributed by atoms with E-state index in [0.29, 0.717) is 17.7 Å². The number of hydrogen-bond donors (Lipinski definition) is 3. The van der Waals surface area contributed by atoms with E-state index in [0.717, 1.165) is 42.2 Å². The van der Waals surface area contributed by atoms with Crippen molar-refractivity contribution in [2.75, 3.05) is 5.32 Å². The minimum atomic E-state index is -0.0258. The fraction of sp³-hybridized carbons (Fsp3) is 0.588. The second-order valence-electron chi connectivity index (χ2n) is 6.99. The van der Waals surface area contributed by atoms with Gasteiger partial charge in [0.25, 0.3) is 0 Å².